The van der Waals surface area contributed by atoms with Crippen LogP contribution < -0.4 is 10.2 Å². The molecule has 0 unspecified atom stereocenters. The van der Waals surface area contributed by atoms with Crippen molar-refractivity contribution in [1.29, 1.82) is 0 Å². The Kier molecular flexibility index (Phi) is 7.12. The van der Waals surface area contributed by atoms with Crippen LogP contribution in [0.2, 0.25) is 0 Å². The number of aliphatic imine (C=N–C) groups is 1. The summed E-state index contributed by atoms with van der Waals surface area (Å²) in [4.78, 5) is 9.01. The van der Waals surface area contributed by atoms with Crippen LogP contribution in [0, 0.1) is 6.92 Å². The van der Waals surface area contributed by atoms with Crippen LogP contribution in [0.5, 0.6) is 0 Å². The number of benzene rings is 1. The lowest BCUT2D eigenvalue weighted by atomic mass is 10.2. The van der Waals surface area contributed by atoms with E-state index in [1.165, 1.54) is 11.3 Å². The molecule has 4 nitrogen and oxygen atoms in total. The average Bonchev–Trinajstić information content (AvgIpc) is 2.82. The van der Waals surface area contributed by atoms with Gasteiger partial charge < -0.3 is 15.1 Å². The molecule has 0 atom stereocenters. The number of rotatable bonds is 5. The van der Waals surface area contributed by atoms with E-state index in [9.17, 15) is 0 Å². The Bertz CT molecular complexity index is 447. The van der Waals surface area contributed by atoms with Gasteiger partial charge >= 0.3 is 0 Å². The Morgan fingerprint density at radius 2 is 2.10 bits per heavy atom. The Labute approximate surface area is 139 Å². The second-order valence-corrected chi connectivity index (χ2v) is 4.92. The number of likely N-dealkylation sites (N-methyl/N-ethyl adjacent to an activating group) is 2. The Balaban J connectivity index is 0.00000200. The van der Waals surface area contributed by atoms with Gasteiger partial charge in [0.2, 0.25) is 0 Å². The van der Waals surface area contributed by atoms with E-state index in [0.717, 1.165) is 38.7 Å². The highest BCUT2D eigenvalue weighted by Gasteiger charge is 2.12. The van der Waals surface area contributed by atoms with Crippen LogP contribution in [0.4, 0.5) is 5.69 Å². The molecule has 0 fully saturated rings. The molecule has 0 amide bonds. The molecule has 1 N–H and O–H groups in total. The summed E-state index contributed by atoms with van der Waals surface area (Å²) in [7, 11) is 2.08. The molecule has 1 aromatic rings. The first-order valence-corrected chi connectivity index (χ1v) is 7.02. The van der Waals surface area contributed by atoms with E-state index >= 15 is 0 Å². The summed E-state index contributed by atoms with van der Waals surface area (Å²) < 4.78 is 0. The molecule has 112 valence electrons. The number of para-hydroxylation sites is 1. The fourth-order valence-corrected chi connectivity index (χ4v) is 2.39. The SMILES string of the molecule is CCN(CCNC1=NCCN1C)c1ccccc1C.I. The number of anilines is 1. The van der Waals surface area contributed by atoms with Gasteiger partial charge in [-0.05, 0) is 25.5 Å². The zero-order valence-corrected chi connectivity index (χ0v) is 14.9. The van der Waals surface area contributed by atoms with Gasteiger partial charge in [-0.2, -0.15) is 0 Å². The standard InChI is InChI=1S/C15H24N4.HI/c1-4-19(14-8-6-5-7-13(14)2)12-10-17-15-16-9-11-18(15)3;/h5-8H,4,9-12H2,1-3H3,(H,16,17);1H. The van der Waals surface area contributed by atoms with Crippen LogP contribution >= 0.6 is 24.0 Å². The zero-order chi connectivity index (χ0) is 13.7. The highest BCUT2D eigenvalue weighted by Crippen LogP contribution is 2.18. The molecule has 0 aliphatic carbocycles. The molecular formula is C15H25IN4. The number of hydrogen-bond donors (Lipinski definition) is 1. The third kappa shape index (κ3) is 4.26. The number of hydrogen-bond acceptors (Lipinski definition) is 4. The summed E-state index contributed by atoms with van der Waals surface area (Å²) in [5.74, 6) is 1.03. The van der Waals surface area contributed by atoms with Gasteiger partial charge in [0.15, 0.2) is 5.96 Å². The maximum absolute atomic E-state index is 4.44. The van der Waals surface area contributed by atoms with E-state index in [-0.39, 0.29) is 24.0 Å². The molecule has 1 aliphatic rings. The molecule has 0 bridgehead atoms. The fraction of sp³-hybridized carbons (Fsp3) is 0.533. The molecule has 1 heterocycles. The van der Waals surface area contributed by atoms with Crippen LogP contribution in [-0.4, -0.2) is 50.6 Å². The quantitative estimate of drug-likeness (QED) is 0.786. The van der Waals surface area contributed by atoms with Crippen molar-refractivity contribution in [2.45, 2.75) is 13.8 Å². The maximum atomic E-state index is 4.44. The highest BCUT2D eigenvalue weighted by molar-refractivity contribution is 14.0. The van der Waals surface area contributed by atoms with Crippen molar-refractivity contribution in [3.63, 3.8) is 0 Å². The first-order valence-electron chi connectivity index (χ1n) is 7.02. The summed E-state index contributed by atoms with van der Waals surface area (Å²) in [6.45, 7) is 9.24. The van der Waals surface area contributed by atoms with E-state index in [0.29, 0.717) is 0 Å². The molecule has 1 aliphatic heterocycles. The fourth-order valence-electron chi connectivity index (χ4n) is 2.39. The summed E-state index contributed by atoms with van der Waals surface area (Å²) in [5, 5.41) is 3.42. The summed E-state index contributed by atoms with van der Waals surface area (Å²) >= 11 is 0. The van der Waals surface area contributed by atoms with Crippen molar-refractivity contribution >= 4 is 35.6 Å². The Morgan fingerprint density at radius 1 is 1.35 bits per heavy atom. The molecular weight excluding hydrogens is 363 g/mol. The lowest BCUT2D eigenvalue weighted by molar-refractivity contribution is 0.534. The molecule has 0 saturated carbocycles. The molecule has 0 spiro atoms. The van der Waals surface area contributed by atoms with Gasteiger partial charge in [0.1, 0.15) is 0 Å². The predicted molar refractivity (Wildman–Crippen MR) is 97.4 cm³/mol. The average molecular weight is 388 g/mol. The van der Waals surface area contributed by atoms with Gasteiger partial charge in [-0.15, -0.1) is 24.0 Å². The lowest BCUT2D eigenvalue weighted by Gasteiger charge is -2.25. The van der Waals surface area contributed by atoms with Gasteiger partial charge in [0, 0.05) is 38.9 Å². The lowest BCUT2D eigenvalue weighted by Crippen LogP contribution is -2.40. The second kappa shape index (κ2) is 8.34. The van der Waals surface area contributed by atoms with Gasteiger partial charge in [0.05, 0.1) is 6.54 Å². The number of aryl methyl sites for hydroxylation is 1. The molecule has 0 saturated heterocycles. The predicted octanol–water partition coefficient (Wildman–Crippen LogP) is 2.33. The number of nitrogens with zero attached hydrogens (tertiary/aromatic N) is 3. The van der Waals surface area contributed by atoms with E-state index in [1.54, 1.807) is 0 Å². The molecule has 0 radical (unpaired) electrons. The summed E-state index contributed by atoms with van der Waals surface area (Å²) in [5.41, 5.74) is 2.66. The first kappa shape index (κ1) is 17.1. The monoisotopic (exact) mass is 388 g/mol. The number of guanidine groups is 1. The molecule has 20 heavy (non-hydrogen) atoms. The maximum Gasteiger partial charge on any atom is 0.193 e. The summed E-state index contributed by atoms with van der Waals surface area (Å²) in [6, 6.07) is 8.55. The number of nitrogens with one attached hydrogen (secondary N) is 1. The van der Waals surface area contributed by atoms with E-state index in [1.807, 2.05) is 0 Å². The van der Waals surface area contributed by atoms with Gasteiger partial charge in [-0.1, -0.05) is 18.2 Å². The topological polar surface area (TPSA) is 30.9 Å². The van der Waals surface area contributed by atoms with E-state index in [4.69, 9.17) is 0 Å². The smallest absolute Gasteiger partial charge is 0.193 e. The van der Waals surface area contributed by atoms with Gasteiger partial charge in [0.25, 0.3) is 0 Å². The molecule has 1 aromatic carbocycles. The highest BCUT2D eigenvalue weighted by atomic mass is 127. The largest absolute Gasteiger partial charge is 0.370 e. The van der Waals surface area contributed by atoms with Crippen molar-refractivity contribution in [3.05, 3.63) is 29.8 Å². The molecule has 2 rings (SSSR count). The first-order chi connectivity index (χ1) is 9.22. The van der Waals surface area contributed by atoms with Crippen molar-refractivity contribution in [2.75, 3.05) is 44.7 Å². The minimum absolute atomic E-state index is 0. The van der Waals surface area contributed by atoms with E-state index < -0.39 is 0 Å². The molecule has 0 aromatic heterocycles. The Morgan fingerprint density at radius 3 is 2.70 bits per heavy atom. The van der Waals surface area contributed by atoms with Crippen LogP contribution in [0.3, 0.4) is 0 Å². The van der Waals surface area contributed by atoms with Crippen LogP contribution in [0.15, 0.2) is 29.3 Å². The minimum Gasteiger partial charge on any atom is -0.370 e. The molecule has 5 heteroatoms. The normalized spacial score (nSPS) is 13.8. The number of halogens is 1. The van der Waals surface area contributed by atoms with Crippen LogP contribution in [-0.2, 0) is 0 Å². The van der Waals surface area contributed by atoms with Gasteiger partial charge in [-0.25, -0.2) is 0 Å². The third-order valence-electron chi connectivity index (χ3n) is 3.56. The summed E-state index contributed by atoms with van der Waals surface area (Å²) in [6.07, 6.45) is 0. The van der Waals surface area contributed by atoms with E-state index in [2.05, 4.69) is 65.3 Å². The van der Waals surface area contributed by atoms with Gasteiger partial charge in [-0.3, -0.25) is 4.99 Å². The van der Waals surface area contributed by atoms with Crippen LogP contribution in [0.25, 0.3) is 0 Å². The van der Waals surface area contributed by atoms with Crippen molar-refractivity contribution in [2.24, 2.45) is 4.99 Å². The third-order valence-corrected chi connectivity index (χ3v) is 3.56. The Hall–Kier alpha value is -0.980. The minimum atomic E-state index is 0. The second-order valence-electron chi connectivity index (χ2n) is 4.92. The van der Waals surface area contributed by atoms with Crippen molar-refractivity contribution in [1.82, 2.24) is 10.2 Å². The van der Waals surface area contributed by atoms with Crippen LogP contribution in [0.1, 0.15) is 12.5 Å². The van der Waals surface area contributed by atoms with Crippen molar-refractivity contribution < 1.29 is 0 Å². The van der Waals surface area contributed by atoms with Crippen molar-refractivity contribution in [3.8, 4) is 0 Å². The zero-order valence-electron chi connectivity index (χ0n) is 12.6.